The van der Waals surface area contributed by atoms with Gasteiger partial charge in [-0.05, 0) is 66.4 Å². The van der Waals surface area contributed by atoms with Gasteiger partial charge in [0.2, 0.25) is 0 Å². The minimum Gasteiger partial charge on any atom is -0.349 e. The van der Waals surface area contributed by atoms with Gasteiger partial charge in [0.15, 0.2) is 0 Å². The predicted molar refractivity (Wildman–Crippen MR) is 118 cm³/mol. The summed E-state index contributed by atoms with van der Waals surface area (Å²) in [5.74, 6) is -2.16. The van der Waals surface area contributed by atoms with E-state index < -0.39 is 33.6 Å². The van der Waals surface area contributed by atoms with Crippen LogP contribution in [0.15, 0.2) is 45.8 Å². The molecule has 0 fully saturated rings. The highest BCUT2D eigenvalue weighted by atomic mass is 32.2. The van der Waals surface area contributed by atoms with Crippen molar-refractivity contribution in [1.29, 1.82) is 0 Å². The normalized spacial score (nSPS) is 14.9. The second-order valence-electron chi connectivity index (χ2n) is 7.92. The average molecular weight is 492 g/mol. The number of anilines is 1. The summed E-state index contributed by atoms with van der Waals surface area (Å²) in [4.78, 5) is 17.5. The zero-order chi connectivity index (χ0) is 24.5. The van der Waals surface area contributed by atoms with Crippen LogP contribution in [-0.4, -0.2) is 42.5 Å². The van der Waals surface area contributed by atoms with Crippen LogP contribution in [-0.2, 0) is 23.0 Å². The van der Waals surface area contributed by atoms with E-state index in [0.29, 0.717) is 31.6 Å². The summed E-state index contributed by atoms with van der Waals surface area (Å²) < 4.78 is 60.1. The molecular weight excluding hydrogens is 468 g/mol. The van der Waals surface area contributed by atoms with E-state index in [-0.39, 0.29) is 16.8 Å². The largest absolute Gasteiger partial charge is 0.349 e. The van der Waals surface area contributed by atoms with Crippen molar-refractivity contribution < 1.29 is 26.5 Å². The molecule has 2 heterocycles. The lowest BCUT2D eigenvalue weighted by atomic mass is 9.97. The molecule has 0 radical (unpaired) electrons. The monoisotopic (exact) mass is 491 g/mol. The molecule has 0 saturated carbocycles. The van der Waals surface area contributed by atoms with Crippen molar-refractivity contribution in [2.45, 2.75) is 37.8 Å². The maximum Gasteiger partial charge on any atom is 0.335 e. The van der Waals surface area contributed by atoms with E-state index >= 15 is 0 Å². The molecule has 3 aromatic rings. The smallest absolute Gasteiger partial charge is 0.335 e. The van der Waals surface area contributed by atoms with Crippen molar-refractivity contribution in [2.24, 2.45) is 0 Å². The topological polar surface area (TPSA) is 117 Å². The first-order chi connectivity index (χ1) is 16.2. The van der Waals surface area contributed by atoms with Gasteiger partial charge in [-0.1, -0.05) is 6.07 Å². The number of hydrogen-bond acceptors (Lipinski definition) is 7. The number of sulfonamides is 1. The van der Waals surface area contributed by atoms with Crippen molar-refractivity contribution in [3.63, 3.8) is 0 Å². The van der Waals surface area contributed by atoms with Gasteiger partial charge in [-0.25, -0.2) is 21.9 Å². The third kappa shape index (κ3) is 5.07. The Morgan fingerprint density at radius 1 is 1.18 bits per heavy atom. The molecule has 0 saturated heterocycles. The number of halogens is 2. The Kier molecular flexibility index (Phi) is 6.62. The molecule has 34 heavy (non-hydrogen) atoms. The molecule has 2 aromatic carbocycles. The molecule has 0 unspecified atom stereocenters. The van der Waals surface area contributed by atoms with Crippen molar-refractivity contribution >= 4 is 21.9 Å². The van der Waals surface area contributed by atoms with Gasteiger partial charge in [0.05, 0.1) is 4.90 Å². The summed E-state index contributed by atoms with van der Waals surface area (Å²) in [6.45, 7) is 4.98. The summed E-state index contributed by atoms with van der Waals surface area (Å²) in [7, 11) is -4.07. The van der Waals surface area contributed by atoms with Crippen molar-refractivity contribution in [1.82, 2.24) is 20.4 Å². The van der Waals surface area contributed by atoms with Gasteiger partial charge < -0.3 is 9.84 Å². The summed E-state index contributed by atoms with van der Waals surface area (Å²) in [6, 6.07) is 7.48. The molecular formula is C22H23F2N5O4S. The third-order valence-electron chi connectivity index (χ3n) is 5.63. The van der Waals surface area contributed by atoms with E-state index in [1.54, 1.807) is 19.1 Å². The van der Waals surface area contributed by atoms with Gasteiger partial charge in [-0.3, -0.25) is 9.69 Å². The van der Waals surface area contributed by atoms with Crippen molar-refractivity contribution in [2.75, 3.05) is 17.8 Å². The fraction of sp³-hybridized carbons (Fsp3) is 0.318. The summed E-state index contributed by atoms with van der Waals surface area (Å²) in [6.07, 6.45) is 0.658. The van der Waals surface area contributed by atoms with E-state index in [4.69, 9.17) is 4.52 Å². The first kappa shape index (κ1) is 23.8. The maximum absolute atomic E-state index is 13.7. The number of nitrogens with one attached hydrogen (secondary N) is 2. The maximum atomic E-state index is 13.7. The second kappa shape index (κ2) is 9.47. The number of carbonyl (C=O) groups is 1. The minimum atomic E-state index is -4.07. The number of fused-ring (bicyclic) bond motifs is 1. The average Bonchev–Trinajstić information content (AvgIpc) is 3.25. The van der Waals surface area contributed by atoms with Gasteiger partial charge in [0, 0.05) is 31.7 Å². The molecule has 0 aliphatic carbocycles. The molecule has 12 heteroatoms. The lowest BCUT2D eigenvalue weighted by Gasteiger charge is -2.34. The number of hydrogen-bond donors (Lipinski definition) is 2. The number of benzene rings is 2. The van der Waals surface area contributed by atoms with Crippen LogP contribution in [0.2, 0.25) is 0 Å². The second-order valence-corrected chi connectivity index (χ2v) is 9.60. The molecule has 1 aromatic heterocycles. The number of amides is 1. The Bertz CT molecular complexity index is 1310. The van der Waals surface area contributed by atoms with Crippen LogP contribution in [0, 0.1) is 11.6 Å². The van der Waals surface area contributed by atoms with Crippen LogP contribution < -0.4 is 10.0 Å². The quantitative estimate of drug-likeness (QED) is 0.522. The van der Waals surface area contributed by atoms with Gasteiger partial charge in [0.1, 0.15) is 11.6 Å². The summed E-state index contributed by atoms with van der Waals surface area (Å²) in [5, 5.41) is 5.96. The molecule has 1 aliphatic heterocycles. The Balaban J connectivity index is 1.52. The van der Waals surface area contributed by atoms with E-state index in [1.165, 1.54) is 18.2 Å². The van der Waals surface area contributed by atoms with Gasteiger partial charge in [0.25, 0.3) is 21.8 Å². The molecule has 4 rings (SSSR count). The zero-order valence-electron chi connectivity index (χ0n) is 18.5. The highest BCUT2D eigenvalue weighted by Gasteiger charge is 2.26. The third-order valence-corrected chi connectivity index (χ3v) is 6.95. The van der Waals surface area contributed by atoms with E-state index in [0.717, 1.165) is 17.2 Å². The first-order valence-corrected chi connectivity index (χ1v) is 12.1. The van der Waals surface area contributed by atoms with Gasteiger partial charge in [-0.15, -0.1) is 0 Å². The SMILES string of the molecule is CCNC(=O)c1noc(NS(=O)(=O)c2ccc3c(c2)CN([C@H](C)c2cc(F)cc(F)c2)CC3)n1. The first-order valence-electron chi connectivity index (χ1n) is 10.6. The lowest BCUT2D eigenvalue weighted by Crippen LogP contribution is -2.33. The van der Waals surface area contributed by atoms with Crippen LogP contribution in [0.1, 0.15) is 47.2 Å². The van der Waals surface area contributed by atoms with Crippen LogP contribution in [0.3, 0.4) is 0 Å². The fourth-order valence-corrected chi connectivity index (χ4v) is 4.83. The molecule has 9 nitrogen and oxygen atoms in total. The Labute approximate surface area is 195 Å². The van der Waals surface area contributed by atoms with Crippen molar-refractivity contribution in [3.8, 4) is 0 Å². The zero-order valence-corrected chi connectivity index (χ0v) is 19.3. The van der Waals surface area contributed by atoms with Gasteiger partial charge >= 0.3 is 6.01 Å². The molecule has 1 amide bonds. The predicted octanol–water partition coefficient (Wildman–Crippen LogP) is 3.02. The van der Waals surface area contributed by atoms with E-state index in [1.807, 2.05) is 11.8 Å². The number of nitrogens with zero attached hydrogens (tertiary/aromatic N) is 3. The Morgan fingerprint density at radius 2 is 1.91 bits per heavy atom. The van der Waals surface area contributed by atoms with Crippen LogP contribution in [0.4, 0.5) is 14.8 Å². The molecule has 0 bridgehead atoms. The van der Waals surface area contributed by atoms with Crippen molar-refractivity contribution in [3.05, 3.63) is 70.5 Å². The highest BCUT2D eigenvalue weighted by Crippen LogP contribution is 2.30. The molecule has 1 atom stereocenters. The summed E-state index contributed by atoms with van der Waals surface area (Å²) in [5.41, 5.74) is 2.28. The van der Waals surface area contributed by atoms with Crippen LogP contribution >= 0.6 is 0 Å². The van der Waals surface area contributed by atoms with E-state index in [2.05, 4.69) is 20.2 Å². The van der Waals surface area contributed by atoms with Crippen LogP contribution in [0.5, 0.6) is 0 Å². The number of rotatable bonds is 7. The molecule has 1 aliphatic rings. The molecule has 0 spiro atoms. The summed E-state index contributed by atoms with van der Waals surface area (Å²) >= 11 is 0. The molecule has 180 valence electrons. The standard InChI is InChI=1S/C22H23F2N5O4S/c1-3-25-21(30)20-26-22(33-27-20)28-34(31,32)19-5-4-14-6-7-29(12-16(14)10-19)13(2)15-8-17(23)11-18(24)9-15/h4-5,8-11,13H,3,6-7,12H2,1-2H3,(H,25,30)(H,26,27,28)/t13-/m1/s1. The van der Waals surface area contributed by atoms with Gasteiger partial charge in [-0.2, -0.15) is 4.98 Å². The highest BCUT2D eigenvalue weighted by molar-refractivity contribution is 7.92. The van der Waals surface area contributed by atoms with E-state index in [9.17, 15) is 22.0 Å². The van der Waals surface area contributed by atoms with Crippen LogP contribution in [0.25, 0.3) is 0 Å². The lowest BCUT2D eigenvalue weighted by molar-refractivity contribution is 0.0942. The Hall–Kier alpha value is -3.38. The fourth-order valence-electron chi connectivity index (χ4n) is 3.85. The molecule has 2 N–H and O–H groups in total. The Morgan fingerprint density at radius 3 is 2.62 bits per heavy atom. The number of carbonyl (C=O) groups excluding carboxylic acids is 1. The number of aromatic nitrogens is 2. The minimum absolute atomic E-state index is 0.0182.